The lowest BCUT2D eigenvalue weighted by molar-refractivity contribution is -0.245. The van der Waals surface area contributed by atoms with Gasteiger partial charge in [-0.25, -0.2) is 0 Å². The number of hydrogen-bond donors (Lipinski definition) is 1. The summed E-state index contributed by atoms with van der Waals surface area (Å²) in [6, 6.07) is 0. The van der Waals surface area contributed by atoms with Crippen molar-refractivity contribution in [2.75, 3.05) is 20.8 Å². The first-order chi connectivity index (χ1) is 9.20. The normalized spacial score (nSPS) is 13.7. The molecular formula is C16H34O3. The molecule has 0 fully saturated rings. The van der Waals surface area contributed by atoms with Crippen LogP contribution in [0.3, 0.4) is 0 Å². The van der Waals surface area contributed by atoms with Gasteiger partial charge in [0, 0.05) is 26.7 Å². The molecule has 1 unspecified atom stereocenters. The van der Waals surface area contributed by atoms with Crippen LogP contribution >= 0.6 is 0 Å². The molecule has 0 radical (unpaired) electrons. The van der Waals surface area contributed by atoms with Gasteiger partial charge in [-0.05, 0) is 19.3 Å². The molecule has 0 aromatic carbocycles. The van der Waals surface area contributed by atoms with Gasteiger partial charge in [0.2, 0.25) is 0 Å². The van der Waals surface area contributed by atoms with Crippen molar-refractivity contribution in [1.82, 2.24) is 0 Å². The van der Waals surface area contributed by atoms with Crippen LogP contribution in [0.15, 0.2) is 0 Å². The Morgan fingerprint density at radius 2 is 1.47 bits per heavy atom. The van der Waals surface area contributed by atoms with E-state index in [-0.39, 0.29) is 12.5 Å². The van der Waals surface area contributed by atoms with E-state index in [1.54, 1.807) is 14.2 Å². The molecule has 0 amide bonds. The first-order valence-corrected chi connectivity index (χ1v) is 7.91. The number of unbranched alkanes of at least 4 members (excludes halogenated alkanes) is 5. The Morgan fingerprint density at radius 3 is 1.95 bits per heavy atom. The highest BCUT2D eigenvalue weighted by molar-refractivity contribution is 4.78. The van der Waals surface area contributed by atoms with Gasteiger partial charge in [-0.1, -0.05) is 52.4 Å². The highest BCUT2D eigenvalue weighted by atomic mass is 16.7. The summed E-state index contributed by atoms with van der Waals surface area (Å²) in [5.41, 5.74) is 0. The van der Waals surface area contributed by atoms with Gasteiger partial charge in [0.15, 0.2) is 5.79 Å². The zero-order chi connectivity index (χ0) is 14.6. The van der Waals surface area contributed by atoms with Crippen molar-refractivity contribution in [2.45, 2.75) is 77.4 Å². The van der Waals surface area contributed by atoms with E-state index in [0.29, 0.717) is 0 Å². The summed E-state index contributed by atoms with van der Waals surface area (Å²) in [7, 11) is 3.41. The largest absolute Gasteiger partial charge is 0.396 e. The van der Waals surface area contributed by atoms with E-state index >= 15 is 0 Å². The molecule has 0 aliphatic rings. The van der Waals surface area contributed by atoms with Gasteiger partial charge in [0.1, 0.15) is 0 Å². The average molecular weight is 274 g/mol. The lowest BCUT2D eigenvalue weighted by Crippen LogP contribution is -2.42. The number of hydrogen-bond acceptors (Lipinski definition) is 3. The summed E-state index contributed by atoms with van der Waals surface area (Å²) in [6.07, 6.45) is 10.4. The van der Waals surface area contributed by atoms with Crippen molar-refractivity contribution in [3.63, 3.8) is 0 Å². The Labute approximate surface area is 119 Å². The molecule has 0 aromatic rings. The highest BCUT2D eigenvalue weighted by Gasteiger charge is 2.36. The number of ether oxygens (including phenoxy) is 2. The van der Waals surface area contributed by atoms with Gasteiger partial charge in [0.05, 0.1) is 0 Å². The zero-order valence-electron chi connectivity index (χ0n) is 13.4. The molecule has 0 rings (SSSR count). The monoisotopic (exact) mass is 274 g/mol. The predicted molar refractivity (Wildman–Crippen MR) is 80.2 cm³/mol. The first-order valence-electron chi connectivity index (χ1n) is 7.91. The number of methoxy groups -OCH3 is 2. The smallest absolute Gasteiger partial charge is 0.170 e. The van der Waals surface area contributed by atoms with Gasteiger partial charge in [-0.3, -0.25) is 0 Å². The fourth-order valence-corrected chi connectivity index (χ4v) is 2.91. The second-order valence-electron chi connectivity index (χ2n) is 5.34. The van der Waals surface area contributed by atoms with Gasteiger partial charge >= 0.3 is 0 Å². The molecule has 0 saturated carbocycles. The van der Waals surface area contributed by atoms with Gasteiger partial charge < -0.3 is 14.6 Å². The Balaban J connectivity index is 4.16. The third-order valence-electron chi connectivity index (χ3n) is 4.19. The Hall–Kier alpha value is -0.120. The summed E-state index contributed by atoms with van der Waals surface area (Å²) in [5, 5.41) is 9.25. The molecule has 3 nitrogen and oxygen atoms in total. The van der Waals surface area contributed by atoms with E-state index in [9.17, 15) is 5.11 Å². The van der Waals surface area contributed by atoms with Crippen molar-refractivity contribution in [1.29, 1.82) is 0 Å². The quantitative estimate of drug-likeness (QED) is 0.405. The van der Waals surface area contributed by atoms with Crippen LogP contribution in [-0.2, 0) is 9.47 Å². The molecule has 0 heterocycles. The molecule has 1 atom stereocenters. The molecule has 19 heavy (non-hydrogen) atoms. The molecule has 0 aliphatic carbocycles. The van der Waals surface area contributed by atoms with Crippen LogP contribution in [0.1, 0.15) is 71.6 Å². The predicted octanol–water partition coefficient (Wildman–Crippen LogP) is 4.13. The minimum atomic E-state index is -0.522. The molecular weight excluding hydrogens is 240 g/mol. The fraction of sp³-hybridized carbons (Fsp3) is 1.00. The Kier molecular flexibility index (Phi) is 11.6. The van der Waals surface area contributed by atoms with E-state index in [1.807, 2.05) is 0 Å². The molecule has 1 N–H and O–H groups in total. The maximum absolute atomic E-state index is 9.25. The van der Waals surface area contributed by atoms with Crippen LogP contribution in [0.5, 0.6) is 0 Å². The van der Waals surface area contributed by atoms with Crippen LogP contribution in [0, 0.1) is 5.92 Å². The number of aliphatic hydroxyl groups is 1. The maximum atomic E-state index is 9.25. The minimum absolute atomic E-state index is 0.203. The summed E-state index contributed by atoms with van der Waals surface area (Å²) in [6.45, 7) is 4.53. The standard InChI is InChI=1S/C16H34O3/c1-5-7-8-9-10-11-12-15(13-14-17)16(6-2,18-3)19-4/h15,17H,5-14H2,1-4H3. The first kappa shape index (κ1) is 18.9. The van der Waals surface area contributed by atoms with Gasteiger partial charge in [-0.2, -0.15) is 0 Å². The molecule has 116 valence electrons. The lowest BCUT2D eigenvalue weighted by atomic mass is 9.87. The van der Waals surface area contributed by atoms with Crippen LogP contribution < -0.4 is 0 Å². The Morgan fingerprint density at radius 1 is 0.895 bits per heavy atom. The number of rotatable bonds is 13. The van der Waals surface area contributed by atoms with E-state index in [2.05, 4.69) is 13.8 Å². The van der Waals surface area contributed by atoms with E-state index < -0.39 is 5.79 Å². The molecule has 3 heteroatoms. The zero-order valence-corrected chi connectivity index (χ0v) is 13.4. The van der Waals surface area contributed by atoms with Crippen molar-refractivity contribution in [3.8, 4) is 0 Å². The summed E-state index contributed by atoms with van der Waals surface area (Å²) >= 11 is 0. The molecule has 0 aromatic heterocycles. The van der Waals surface area contributed by atoms with Crippen molar-refractivity contribution in [2.24, 2.45) is 5.92 Å². The third-order valence-corrected chi connectivity index (χ3v) is 4.19. The fourth-order valence-electron chi connectivity index (χ4n) is 2.91. The minimum Gasteiger partial charge on any atom is -0.396 e. The summed E-state index contributed by atoms with van der Waals surface area (Å²) in [5.74, 6) is -0.240. The van der Waals surface area contributed by atoms with Crippen LogP contribution in [0.4, 0.5) is 0 Å². The van der Waals surface area contributed by atoms with Gasteiger partial charge in [-0.15, -0.1) is 0 Å². The molecule has 0 spiro atoms. The molecule has 0 saturated heterocycles. The van der Waals surface area contributed by atoms with E-state index in [0.717, 1.165) is 19.3 Å². The topological polar surface area (TPSA) is 38.7 Å². The molecule has 0 bridgehead atoms. The van der Waals surface area contributed by atoms with Crippen molar-refractivity contribution < 1.29 is 14.6 Å². The second kappa shape index (κ2) is 11.7. The van der Waals surface area contributed by atoms with Gasteiger partial charge in [0.25, 0.3) is 0 Å². The van der Waals surface area contributed by atoms with Crippen LogP contribution in [0.25, 0.3) is 0 Å². The van der Waals surface area contributed by atoms with Crippen LogP contribution in [0.2, 0.25) is 0 Å². The van der Waals surface area contributed by atoms with E-state index in [1.165, 1.54) is 38.5 Å². The van der Waals surface area contributed by atoms with Crippen LogP contribution in [-0.4, -0.2) is 31.7 Å². The number of aliphatic hydroxyl groups excluding tert-OH is 1. The van der Waals surface area contributed by atoms with E-state index in [4.69, 9.17) is 9.47 Å². The highest BCUT2D eigenvalue weighted by Crippen LogP contribution is 2.33. The summed E-state index contributed by atoms with van der Waals surface area (Å²) in [4.78, 5) is 0. The van der Waals surface area contributed by atoms with Crippen molar-refractivity contribution in [3.05, 3.63) is 0 Å². The van der Waals surface area contributed by atoms with Crippen molar-refractivity contribution >= 4 is 0 Å². The summed E-state index contributed by atoms with van der Waals surface area (Å²) < 4.78 is 11.2. The average Bonchev–Trinajstić information content (AvgIpc) is 2.45. The Bertz CT molecular complexity index is 182. The second-order valence-corrected chi connectivity index (χ2v) is 5.34. The molecule has 0 aliphatic heterocycles. The lowest BCUT2D eigenvalue weighted by Gasteiger charge is -2.37. The maximum Gasteiger partial charge on any atom is 0.170 e. The third kappa shape index (κ3) is 6.73. The SMILES string of the molecule is CCCCCCCCC(CCO)C(CC)(OC)OC.